The molecule has 0 aliphatic heterocycles. The summed E-state index contributed by atoms with van der Waals surface area (Å²) in [4.78, 5) is 32.9. The van der Waals surface area contributed by atoms with Crippen molar-refractivity contribution >= 4 is 11.9 Å². The maximum absolute atomic E-state index is 11.7. The first-order valence-electron chi connectivity index (χ1n) is 10.1. The molecule has 0 aromatic carbocycles. The van der Waals surface area contributed by atoms with E-state index in [1.54, 1.807) is 0 Å². The number of hydrogen-bond donors (Lipinski definition) is 0. The third-order valence-corrected chi connectivity index (χ3v) is 5.69. The van der Waals surface area contributed by atoms with Crippen LogP contribution >= 0.6 is 0 Å². The van der Waals surface area contributed by atoms with Crippen LogP contribution in [0.5, 0.6) is 0 Å². The molecule has 2 saturated carbocycles. The molecule has 0 amide bonds. The molecular formula is C20H34O4. The highest BCUT2D eigenvalue weighted by Crippen LogP contribution is 2.27. The number of carbonyl (C=O) groups excluding carboxylic acids is 2. The molecule has 0 saturated heterocycles. The van der Waals surface area contributed by atoms with Crippen LogP contribution in [0.2, 0.25) is 0 Å². The third-order valence-electron chi connectivity index (χ3n) is 5.69. The summed E-state index contributed by atoms with van der Waals surface area (Å²) in [7, 11) is 0. The third kappa shape index (κ3) is 8.16. The van der Waals surface area contributed by atoms with Crippen molar-refractivity contribution in [3.63, 3.8) is 0 Å². The summed E-state index contributed by atoms with van der Waals surface area (Å²) in [5.74, 6) is 0.459. The zero-order chi connectivity index (χ0) is 17.0. The average Bonchev–Trinajstić information content (AvgIpc) is 3.01. The Kier molecular flexibility index (Phi) is 9.22. The molecule has 24 heavy (non-hydrogen) atoms. The van der Waals surface area contributed by atoms with Gasteiger partial charge in [-0.25, -0.2) is 19.4 Å². The summed E-state index contributed by atoms with van der Waals surface area (Å²) in [5.41, 5.74) is 0. The second-order valence-corrected chi connectivity index (χ2v) is 7.70. The Labute approximate surface area is 146 Å². The molecule has 0 aromatic heterocycles. The Morgan fingerprint density at radius 1 is 0.583 bits per heavy atom. The highest BCUT2D eigenvalue weighted by atomic mass is 17.2. The monoisotopic (exact) mass is 338 g/mol. The van der Waals surface area contributed by atoms with Crippen LogP contribution in [0.4, 0.5) is 0 Å². The molecule has 0 N–H and O–H groups in total. The zero-order valence-corrected chi connectivity index (χ0v) is 15.1. The molecule has 0 atom stereocenters. The summed E-state index contributed by atoms with van der Waals surface area (Å²) in [5, 5.41) is 0. The van der Waals surface area contributed by atoms with Gasteiger partial charge in [0.1, 0.15) is 0 Å². The molecule has 4 nitrogen and oxygen atoms in total. The van der Waals surface area contributed by atoms with Crippen molar-refractivity contribution in [3.05, 3.63) is 0 Å². The van der Waals surface area contributed by atoms with Crippen molar-refractivity contribution in [1.82, 2.24) is 0 Å². The lowest BCUT2D eigenvalue weighted by Crippen LogP contribution is -2.13. The van der Waals surface area contributed by atoms with Gasteiger partial charge >= 0.3 is 11.9 Å². The van der Waals surface area contributed by atoms with Gasteiger partial charge in [0.25, 0.3) is 0 Å². The average molecular weight is 338 g/mol. The van der Waals surface area contributed by atoms with Crippen molar-refractivity contribution < 1.29 is 19.4 Å². The van der Waals surface area contributed by atoms with Crippen molar-refractivity contribution in [2.45, 2.75) is 103 Å². The predicted octanol–water partition coefficient (Wildman–Crippen LogP) is 5.49. The lowest BCUT2D eigenvalue weighted by molar-refractivity contribution is -0.259. The number of carbonyl (C=O) groups is 2. The molecule has 2 aliphatic carbocycles. The number of hydrogen-bond acceptors (Lipinski definition) is 4. The fourth-order valence-corrected chi connectivity index (χ4v) is 4.13. The Morgan fingerprint density at radius 3 is 1.25 bits per heavy atom. The first-order chi connectivity index (χ1) is 11.7. The van der Waals surface area contributed by atoms with Gasteiger partial charge in [-0.3, -0.25) is 0 Å². The summed E-state index contributed by atoms with van der Waals surface area (Å²) < 4.78 is 0. The summed E-state index contributed by atoms with van der Waals surface area (Å²) >= 11 is 0. The second-order valence-electron chi connectivity index (χ2n) is 7.70. The highest BCUT2D eigenvalue weighted by molar-refractivity contribution is 5.72. The van der Waals surface area contributed by atoms with Crippen LogP contribution in [-0.4, -0.2) is 11.9 Å². The van der Waals surface area contributed by atoms with Gasteiger partial charge in [-0.15, -0.1) is 0 Å². The quantitative estimate of drug-likeness (QED) is 0.365. The van der Waals surface area contributed by atoms with Crippen molar-refractivity contribution in [3.8, 4) is 0 Å². The fraction of sp³-hybridized carbons (Fsp3) is 0.900. The van der Waals surface area contributed by atoms with Crippen LogP contribution in [0.3, 0.4) is 0 Å². The molecule has 2 rings (SSSR count). The van der Waals surface area contributed by atoms with E-state index in [1.165, 1.54) is 77.0 Å². The van der Waals surface area contributed by atoms with Gasteiger partial charge in [-0.2, -0.15) is 0 Å². The van der Waals surface area contributed by atoms with Gasteiger partial charge in [0.05, 0.1) is 12.8 Å². The van der Waals surface area contributed by atoms with Crippen LogP contribution in [0.1, 0.15) is 103 Å². The van der Waals surface area contributed by atoms with Gasteiger partial charge in [0, 0.05) is 0 Å². The highest BCUT2D eigenvalue weighted by Gasteiger charge is 2.18. The predicted molar refractivity (Wildman–Crippen MR) is 93.0 cm³/mol. The van der Waals surface area contributed by atoms with Gasteiger partial charge in [0.2, 0.25) is 0 Å². The van der Waals surface area contributed by atoms with Gasteiger partial charge < -0.3 is 0 Å². The molecule has 2 aliphatic rings. The van der Waals surface area contributed by atoms with Crippen LogP contribution in [0.25, 0.3) is 0 Å². The van der Waals surface area contributed by atoms with Gasteiger partial charge in [0.15, 0.2) is 0 Å². The van der Waals surface area contributed by atoms with Gasteiger partial charge in [-0.05, 0) is 24.7 Å². The lowest BCUT2D eigenvalue weighted by Gasteiger charge is -2.13. The minimum absolute atomic E-state index is 0.362. The Balaban J connectivity index is 1.52. The minimum Gasteiger partial charge on any atom is -0.247 e. The first kappa shape index (κ1) is 19.3. The van der Waals surface area contributed by atoms with E-state index in [2.05, 4.69) is 0 Å². The Bertz CT molecular complexity index is 328. The van der Waals surface area contributed by atoms with E-state index in [0.29, 0.717) is 24.7 Å². The van der Waals surface area contributed by atoms with E-state index in [9.17, 15) is 9.59 Å². The van der Waals surface area contributed by atoms with E-state index in [4.69, 9.17) is 9.78 Å². The molecule has 4 heteroatoms. The van der Waals surface area contributed by atoms with E-state index in [-0.39, 0.29) is 0 Å². The first-order valence-corrected chi connectivity index (χ1v) is 10.1. The summed E-state index contributed by atoms with van der Waals surface area (Å²) in [6, 6.07) is 0. The SMILES string of the molecule is O=C(CCC1CCCCCC1)OOC(=O)CCC1CCCCCC1. The normalized spacial score (nSPS) is 20.8. The maximum Gasteiger partial charge on any atom is 0.355 e. The minimum atomic E-state index is -0.401. The smallest absolute Gasteiger partial charge is 0.247 e. The Hall–Kier alpha value is -1.06. The lowest BCUT2D eigenvalue weighted by atomic mass is 9.95. The van der Waals surface area contributed by atoms with Crippen LogP contribution in [0.15, 0.2) is 0 Å². The zero-order valence-electron chi connectivity index (χ0n) is 15.1. The fourth-order valence-electron chi connectivity index (χ4n) is 4.13. The van der Waals surface area contributed by atoms with Crippen molar-refractivity contribution in [2.24, 2.45) is 11.8 Å². The van der Waals surface area contributed by atoms with E-state index >= 15 is 0 Å². The molecule has 2 fully saturated rings. The van der Waals surface area contributed by atoms with E-state index in [1.807, 2.05) is 0 Å². The molecule has 0 bridgehead atoms. The summed E-state index contributed by atoms with van der Waals surface area (Å²) in [6.07, 6.45) is 17.7. The molecule has 0 unspecified atom stereocenters. The molecule has 0 heterocycles. The number of rotatable bonds is 6. The molecule has 0 spiro atoms. The second kappa shape index (κ2) is 11.5. The molecule has 0 aromatic rings. The topological polar surface area (TPSA) is 52.6 Å². The van der Waals surface area contributed by atoms with Crippen molar-refractivity contribution in [2.75, 3.05) is 0 Å². The standard InChI is InChI=1S/C20H34O4/c21-19(15-13-17-9-5-1-2-6-10-17)23-24-20(22)16-14-18-11-7-3-4-8-12-18/h17-18H,1-16H2. The van der Waals surface area contributed by atoms with Gasteiger partial charge in [-0.1, -0.05) is 77.0 Å². The van der Waals surface area contributed by atoms with Crippen LogP contribution < -0.4 is 0 Å². The molecular weight excluding hydrogens is 304 g/mol. The Morgan fingerprint density at radius 2 is 0.917 bits per heavy atom. The van der Waals surface area contributed by atoms with Crippen LogP contribution in [-0.2, 0) is 19.4 Å². The van der Waals surface area contributed by atoms with Crippen LogP contribution in [0, 0.1) is 11.8 Å². The van der Waals surface area contributed by atoms with Crippen molar-refractivity contribution in [1.29, 1.82) is 0 Å². The molecule has 0 radical (unpaired) electrons. The molecule has 138 valence electrons. The largest absolute Gasteiger partial charge is 0.355 e. The summed E-state index contributed by atoms with van der Waals surface area (Å²) in [6.45, 7) is 0. The van der Waals surface area contributed by atoms with E-state index < -0.39 is 11.9 Å². The maximum atomic E-state index is 11.7. The van der Waals surface area contributed by atoms with E-state index in [0.717, 1.165) is 12.8 Å².